The lowest BCUT2D eigenvalue weighted by Crippen LogP contribution is -2.03. The average molecular weight is 160 g/mol. The number of rotatable bonds is 1. The predicted molar refractivity (Wildman–Crippen MR) is 36.1 cm³/mol. The Morgan fingerprint density at radius 3 is 2.60 bits per heavy atom. The number of nitrogens with zero attached hydrogens (tertiary/aromatic N) is 3. The summed E-state index contributed by atoms with van der Waals surface area (Å²) in [5, 5.41) is 7.25. The maximum atomic E-state index is 11.0. The van der Waals surface area contributed by atoms with E-state index in [-0.39, 0.29) is 5.16 Å². The normalized spacial score (nSPS) is 16.6. The molecule has 0 aliphatic heterocycles. The molecule has 1 heterocycles. The van der Waals surface area contributed by atoms with Crippen molar-refractivity contribution in [3.05, 3.63) is 6.33 Å². The van der Waals surface area contributed by atoms with Gasteiger partial charge in [0.2, 0.25) is 5.16 Å². The number of aromatic nitrogens is 3. The van der Waals surface area contributed by atoms with E-state index >= 15 is 0 Å². The van der Waals surface area contributed by atoms with E-state index in [0.29, 0.717) is 0 Å². The molecule has 1 N–H and O–H groups in total. The van der Waals surface area contributed by atoms with Crippen LogP contribution in [0.5, 0.6) is 0 Å². The summed E-state index contributed by atoms with van der Waals surface area (Å²) in [6.07, 6.45) is 2.74. The highest BCUT2D eigenvalue weighted by molar-refractivity contribution is 7.91. The predicted octanol–water partition coefficient (Wildman–Crippen LogP) is -0.149. The maximum Gasteiger partial charge on any atom is 0.229 e. The summed E-state index contributed by atoms with van der Waals surface area (Å²) in [4.78, 5) is 0. The summed E-state index contributed by atoms with van der Waals surface area (Å²) in [5.74, 6) is 0. The van der Waals surface area contributed by atoms with Crippen molar-refractivity contribution < 1.29 is 4.21 Å². The standard InChI is InChI=1S/C4H8N4OS/c1-8-3-6-7-4(8)10(2,5)9/h3,5H,1-2H3/t10-/m1/s1. The minimum atomic E-state index is -2.70. The van der Waals surface area contributed by atoms with Crippen molar-refractivity contribution in [2.45, 2.75) is 5.16 Å². The molecule has 0 bridgehead atoms. The molecular formula is C4H8N4OS. The van der Waals surface area contributed by atoms with E-state index in [0.717, 1.165) is 0 Å². The van der Waals surface area contributed by atoms with E-state index in [1.807, 2.05) is 0 Å². The third-order valence-electron chi connectivity index (χ3n) is 1.02. The Balaban J connectivity index is 3.32. The molecule has 5 nitrogen and oxygen atoms in total. The van der Waals surface area contributed by atoms with E-state index in [9.17, 15) is 4.21 Å². The van der Waals surface area contributed by atoms with E-state index in [2.05, 4.69) is 10.2 Å². The Morgan fingerprint density at radius 1 is 1.80 bits per heavy atom. The second-order valence-corrected chi connectivity index (χ2v) is 4.12. The van der Waals surface area contributed by atoms with Crippen molar-refractivity contribution in [3.63, 3.8) is 0 Å². The van der Waals surface area contributed by atoms with Crippen molar-refractivity contribution in [1.82, 2.24) is 14.8 Å². The molecule has 1 atom stereocenters. The summed E-state index contributed by atoms with van der Waals surface area (Å²) in [5.41, 5.74) is 0. The van der Waals surface area contributed by atoms with E-state index in [4.69, 9.17) is 4.78 Å². The lowest BCUT2D eigenvalue weighted by molar-refractivity contribution is 0.659. The summed E-state index contributed by atoms with van der Waals surface area (Å²) in [6.45, 7) is 0. The highest BCUT2D eigenvalue weighted by Crippen LogP contribution is 2.01. The third kappa shape index (κ3) is 1.15. The fraction of sp³-hybridized carbons (Fsp3) is 0.500. The first kappa shape index (κ1) is 7.20. The Bertz CT molecular complexity index is 325. The molecule has 56 valence electrons. The van der Waals surface area contributed by atoms with Gasteiger partial charge in [-0.15, -0.1) is 10.2 Å². The number of hydrogen-bond donors (Lipinski definition) is 1. The van der Waals surface area contributed by atoms with Gasteiger partial charge in [0.1, 0.15) is 16.1 Å². The molecule has 0 radical (unpaired) electrons. The lowest BCUT2D eigenvalue weighted by Gasteiger charge is -1.96. The van der Waals surface area contributed by atoms with Gasteiger partial charge in [-0.25, -0.2) is 8.99 Å². The Morgan fingerprint density at radius 2 is 2.40 bits per heavy atom. The third-order valence-corrected chi connectivity index (χ3v) is 2.08. The van der Waals surface area contributed by atoms with Crippen LogP contribution in [-0.4, -0.2) is 25.2 Å². The molecular weight excluding hydrogens is 152 g/mol. The van der Waals surface area contributed by atoms with Crippen LogP contribution in [0.3, 0.4) is 0 Å². The van der Waals surface area contributed by atoms with Gasteiger partial charge in [0, 0.05) is 13.3 Å². The molecule has 1 aromatic rings. The molecule has 0 aromatic carbocycles. The monoisotopic (exact) mass is 160 g/mol. The average Bonchev–Trinajstić information content (AvgIpc) is 2.11. The molecule has 0 fully saturated rings. The molecule has 6 heteroatoms. The first-order valence-corrected chi connectivity index (χ1v) is 4.56. The maximum absolute atomic E-state index is 11.0. The van der Waals surface area contributed by atoms with Crippen molar-refractivity contribution in [3.8, 4) is 0 Å². The van der Waals surface area contributed by atoms with E-state index in [1.54, 1.807) is 7.05 Å². The molecule has 0 amide bonds. The molecule has 10 heavy (non-hydrogen) atoms. The molecule has 0 aliphatic carbocycles. The summed E-state index contributed by atoms with van der Waals surface area (Å²) in [7, 11) is -1.04. The van der Waals surface area contributed by atoms with Gasteiger partial charge in [-0.2, -0.15) is 0 Å². The van der Waals surface area contributed by atoms with Crippen LogP contribution in [0.1, 0.15) is 0 Å². The zero-order valence-corrected chi connectivity index (χ0v) is 6.55. The molecule has 0 saturated carbocycles. The van der Waals surface area contributed by atoms with Crippen LogP contribution in [-0.2, 0) is 16.8 Å². The summed E-state index contributed by atoms with van der Waals surface area (Å²) in [6, 6.07) is 0. The number of aryl methyl sites for hydroxylation is 1. The highest BCUT2D eigenvalue weighted by atomic mass is 32.2. The van der Waals surface area contributed by atoms with Gasteiger partial charge in [-0.3, -0.25) is 0 Å². The van der Waals surface area contributed by atoms with Crippen LogP contribution in [0, 0.1) is 4.78 Å². The SMILES string of the molecule is Cn1cnnc1[S@](C)(=N)=O. The summed E-state index contributed by atoms with van der Waals surface area (Å²) >= 11 is 0. The fourth-order valence-electron chi connectivity index (χ4n) is 0.625. The second-order valence-electron chi connectivity index (χ2n) is 2.07. The molecule has 0 saturated heterocycles. The van der Waals surface area contributed by atoms with Crippen molar-refractivity contribution in [1.29, 1.82) is 4.78 Å². The van der Waals surface area contributed by atoms with Crippen LogP contribution in [0.25, 0.3) is 0 Å². The van der Waals surface area contributed by atoms with Crippen molar-refractivity contribution in [2.75, 3.05) is 6.26 Å². The van der Waals surface area contributed by atoms with Crippen LogP contribution in [0.15, 0.2) is 11.5 Å². The van der Waals surface area contributed by atoms with Crippen molar-refractivity contribution >= 4 is 9.73 Å². The van der Waals surface area contributed by atoms with E-state index < -0.39 is 9.73 Å². The Labute approximate surface area is 59.1 Å². The molecule has 1 rings (SSSR count). The Hall–Kier alpha value is -0.910. The molecule has 1 aromatic heterocycles. The molecule has 0 aliphatic rings. The lowest BCUT2D eigenvalue weighted by atomic mass is 11.1. The molecule has 0 unspecified atom stereocenters. The topological polar surface area (TPSA) is 71.6 Å². The Kier molecular flexibility index (Phi) is 1.47. The number of hydrogen-bond acceptors (Lipinski definition) is 4. The second kappa shape index (κ2) is 2.05. The fourth-order valence-corrected chi connectivity index (χ4v) is 1.42. The van der Waals surface area contributed by atoms with Gasteiger partial charge in [-0.1, -0.05) is 0 Å². The zero-order valence-electron chi connectivity index (χ0n) is 5.74. The van der Waals surface area contributed by atoms with Crippen LogP contribution >= 0.6 is 0 Å². The first-order chi connectivity index (χ1) is 4.52. The van der Waals surface area contributed by atoms with Gasteiger partial charge in [0.25, 0.3) is 0 Å². The van der Waals surface area contributed by atoms with Crippen LogP contribution < -0.4 is 0 Å². The largest absolute Gasteiger partial charge is 0.309 e. The van der Waals surface area contributed by atoms with Crippen LogP contribution in [0.2, 0.25) is 0 Å². The van der Waals surface area contributed by atoms with Gasteiger partial charge >= 0.3 is 0 Å². The van der Waals surface area contributed by atoms with Gasteiger partial charge in [-0.05, 0) is 0 Å². The van der Waals surface area contributed by atoms with Gasteiger partial charge in [0.05, 0.1) is 0 Å². The minimum absolute atomic E-state index is 0.215. The quantitative estimate of drug-likeness (QED) is 0.621. The first-order valence-electron chi connectivity index (χ1n) is 2.59. The van der Waals surface area contributed by atoms with E-state index in [1.165, 1.54) is 17.2 Å². The van der Waals surface area contributed by atoms with Gasteiger partial charge in [0.15, 0.2) is 0 Å². The summed E-state index contributed by atoms with van der Waals surface area (Å²) < 4.78 is 19.6. The molecule has 0 spiro atoms. The van der Waals surface area contributed by atoms with Gasteiger partial charge < -0.3 is 4.57 Å². The zero-order chi connectivity index (χ0) is 7.78. The minimum Gasteiger partial charge on any atom is -0.309 e. The van der Waals surface area contributed by atoms with Crippen molar-refractivity contribution in [2.24, 2.45) is 7.05 Å². The smallest absolute Gasteiger partial charge is 0.229 e. The highest BCUT2D eigenvalue weighted by Gasteiger charge is 2.08. The van der Waals surface area contributed by atoms with Crippen LogP contribution in [0.4, 0.5) is 0 Å². The number of nitrogens with one attached hydrogen (secondary N) is 1.